The van der Waals surface area contributed by atoms with Gasteiger partial charge in [0.05, 0.1) is 6.04 Å². The van der Waals surface area contributed by atoms with Gasteiger partial charge in [-0.2, -0.15) is 0 Å². The molecule has 0 bridgehead atoms. The summed E-state index contributed by atoms with van der Waals surface area (Å²) in [5.74, 6) is 2.48. The van der Waals surface area contributed by atoms with Crippen LogP contribution in [0.2, 0.25) is 0 Å². The van der Waals surface area contributed by atoms with E-state index in [1.165, 1.54) is 30.4 Å². The molecule has 1 fully saturated rings. The van der Waals surface area contributed by atoms with Gasteiger partial charge in [-0.05, 0) is 48.9 Å². The van der Waals surface area contributed by atoms with Crippen molar-refractivity contribution in [2.45, 2.75) is 38.1 Å². The van der Waals surface area contributed by atoms with Crippen molar-refractivity contribution in [1.29, 1.82) is 0 Å². The fourth-order valence-electron chi connectivity index (χ4n) is 2.66. The first-order valence-electron chi connectivity index (χ1n) is 6.66. The van der Waals surface area contributed by atoms with Crippen molar-refractivity contribution < 1.29 is 4.42 Å². The maximum Gasteiger partial charge on any atom is 0.125 e. The number of hydrogen-bond acceptors (Lipinski definition) is 2. The van der Waals surface area contributed by atoms with Crippen LogP contribution in [0.15, 0.2) is 40.8 Å². The van der Waals surface area contributed by atoms with Gasteiger partial charge in [0.2, 0.25) is 0 Å². The van der Waals surface area contributed by atoms with E-state index in [2.05, 4.69) is 24.3 Å². The van der Waals surface area contributed by atoms with Gasteiger partial charge >= 0.3 is 0 Å². The molecule has 2 aromatic rings. The Kier molecular flexibility index (Phi) is 2.96. The molecule has 1 aliphatic carbocycles. The molecule has 3 rings (SSSR count). The van der Waals surface area contributed by atoms with Crippen LogP contribution in [0, 0.1) is 6.92 Å². The minimum atomic E-state index is -0.143. The monoisotopic (exact) mass is 241 g/mol. The van der Waals surface area contributed by atoms with Gasteiger partial charge in [0.1, 0.15) is 11.5 Å². The first-order valence-corrected chi connectivity index (χ1v) is 6.66. The lowest BCUT2D eigenvalue weighted by atomic mass is 9.77. The van der Waals surface area contributed by atoms with E-state index in [0.29, 0.717) is 5.92 Å². The molecule has 0 amide bonds. The van der Waals surface area contributed by atoms with Crippen LogP contribution in [0.25, 0.3) is 0 Å². The molecule has 1 unspecified atom stereocenters. The predicted molar refractivity (Wildman–Crippen MR) is 72.5 cm³/mol. The molecule has 1 aromatic carbocycles. The van der Waals surface area contributed by atoms with Crippen LogP contribution in [-0.4, -0.2) is 0 Å². The summed E-state index contributed by atoms with van der Waals surface area (Å²) in [5, 5.41) is 0. The summed E-state index contributed by atoms with van der Waals surface area (Å²) in [4.78, 5) is 0. The molecule has 0 radical (unpaired) electrons. The summed E-state index contributed by atoms with van der Waals surface area (Å²) in [6.07, 6.45) is 3.93. The summed E-state index contributed by atoms with van der Waals surface area (Å²) in [6, 6.07) is 12.3. The van der Waals surface area contributed by atoms with E-state index in [1.807, 2.05) is 19.1 Å². The minimum Gasteiger partial charge on any atom is -0.464 e. The van der Waals surface area contributed by atoms with E-state index in [1.54, 1.807) is 0 Å². The van der Waals surface area contributed by atoms with Crippen molar-refractivity contribution in [3.8, 4) is 0 Å². The fourth-order valence-corrected chi connectivity index (χ4v) is 2.66. The standard InChI is InChI=1S/C16H19NO/c1-11-9-10-15(18-11)16(17)14-8-3-2-7-13(14)12-5-4-6-12/h2-3,7-10,12,16H,4-6,17H2,1H3. The fraction of sp³-hybridized carbons (Fsp3) is 0.375. The van der Waals surface area contributed by atoms with Crippen LogP contribution in [-0.2, 0) is 0 Å². The molecule has 2 nitrogen and oxygen atoms in total. The topological polar surface area (TPSA) is 39.2 Å². The van der Waals surface area contributed by atoms with Crippen LogP contribution in [0.4, 0.5) is 0 Å². The Morgan fingerprint density at radius 2 is 1.94 bits per heavy atom. The molecule has 0 aliphatic heterocycles. The third kappa shape index (κ3) is 1.97. The van der Waals surface area contributed by atoms with Crippen molar-refractivity contribution in [1.82, 2.24) is 0 Å². The van der Waals surface area contributed by atoms with Gasteiger partial charge in [0.15, 0.2) is 0 Å². The Labute approximate surface area is 108 Å². The molecule has 94 valence electrons. The van der Waals surface area contributed by atoms with Gasteiger partial charge in [0, 0.05) is 0 Å². The molecule has 1 aromatic heterocycles. The number of benzene rings is 1. The molecular weight excluding hydrogens is 222 g/mol. The molecule has 0 spiro atoms. The Hall–Kier alpha value is -1.54. The molecular formula is C16H19NO. The zero-order chi connectivity index (χ0) is 12.5. The third-order valence-corrected chi connectivity index (χ3v) is 3.94. The molecule has 1 atom stereocenters. The van der Waals surface area contributed by atoms with Gasteiger partial charge in [-0.3, -0.25) is 0 Å². The van der Waals surface area contributed by atoms with E-state index in [9.17, 15) is 0 Å². The smallest absolute Gasteiger partial charge is 0.125 e. The van der Waals surface area contributed by atoms with E-state index >= 15 is 0 Å². The highest BCUT2D eigenvalue weighted by Crippen LogP contribution is 2.40. The number of furan rings is 1. The second-order valence-electron chi connectivity index (χ2n) is 5.18. The number of rotatable bonds is 3. The quantitative estimate of drug-likeness (QED) is 0.885. The van der Waals surface area contributed by atoms with E-state index in [-0.39, 0.29) is 6.04 Å². The average molecular weight is 241 g/mol. The molecule has 18 heavy (non-hydrogen) atoms. The molecule has 2 heteroatoms. The molecule has 2 N–H and O–H groups in total. The first-order chi connectivity index (χ1) is 8.75. The summed E-state index contributed by atoms with van der Waals surface area (Å²) < 4.78 is 5.66. The third-order valence-electron chi connectivity index (χ3n) is 3.94. The lowest BCUT2D eigenvalue weighted by Gasteiger charge is -2.29. The molecule has 1 aliphatic rings. The highest BCUT2D eigenvalue weighted by molar-refractivity contribution is 5.37. The summed E-state index contributed by atoms with van der Waals surface area (Å²) in [5.41, 5.74) is 8.98. The molecule has 0 saturated heterocycles. The molecule has 1 saturated carbocycles. The summed E-state index contributed by atoms with van der Waals surface area (Å²) in [6.45, 7) is 1.95. The predicted octanol–water partition coefficient (Wildman–Crippen LogP) is 3.90. The zero-order valence-electron chi connectivity index (χ0n) is 10.7. The second-order valence-corrected chi connectivity index (χ2v) is 5.18. The van der Waals surface area contributed by atoms with Crippen LogP contribution >= 0.6 is 0 Å². The van der Waals surface area contributed by atoms with E-state index < -0.39 is 0 Å². The van der Waals surface area contributed by atoms with Crippen LogP contribution in [0.5, 0.6) is 0 Å². The largest absolute Gasteiger partial charge is 0.464 e. The number of hydrogen-bond donors (Lipinski definition) is 1. The van der Waals surface area contributed by atoms with Crippen molar-refractivity contribution in [2.75, 3.05) is 0 Å². The average Bonchev–Trinajstić information content (AvgIpc) is 2.74. The van der Waals surface area contributed by atoms with E-state index in [4.69, 9.17) is 10.2 Å². The summed E-state index contributed by atoms with van der Waals surface area (Å²) in [7, 11) is 0. The Morgan fingerprint density at radius 1 is 1.17 bits per heavy atom. The zero-order valence-corrected chi connectivity index (χ0v) is 10.7. The van der Waals surface area contributed by atoms with Crippen molar-refractivity contribution in [3.05, 3.63) is 59.0 Å². The highest BCUT2D eigenvalue weighted by atomic mass is 16.3. The van der Waals surface area contributed by atoms with Gasteiger partial charge in [-0.15, -0.1) is 0 Å². The normalized spacial score (nSPS) is 17.4. The maximum atomic E-state index is 6.35. The lowest BCUT2D eigenvalue weighted by molar-refractivity contribution is 0.412. The van der Waals surface area contributed by atoms with Crippen LogP contribution in [0.3, 0.4) is 0 Å². The van der Waals surface area contributed by atoms with Gasteiger partial charge in [-0.25, -0.2) is 0 Å². The number of nitrogens with two attached hydrogens (primary N) is 1. The Balaban J connectivity index is 1.95. The van der Waals surface area contributed by atoms with Crippen LogP contribution in [0.1, 0.15) is 53.9 Å². The lowest BCUT2D eigenvalue weighted by Crippen LogP contribution is -2.17. The van der Waals surface area contributed by atoms with Crippen LogP contribution < -0.4 is 5.73 Å². The minimum absolute atomic E-state index is 0.143. The van der Waals surface area contributed by atoms with Crippen molar-refractivity contribution in [3.63, 3.8) is 0 Å². The van der Waals surface area contributed by atoms with Gasteiger partial charge in [-0.1, -0.05) is 30.7 Å². The first kappa shape index (κ1) is 11.5. The van der Waals surface area contributed by atoms with Gasteiger partial charge in [0.25, 0.3) is 0 Å². The highest BCUT2D eigenvalue weighted by Gasteiger charge is 2.25. The SMILES string of the molecule is Cc1ccc(C(N)c2ccccc2C2CCC2)o1. The second kappa shape index (κ2) is 4.62. The van der Waals surface area contributed by atoms with Gasteiger partial charge < -0.3 is 10.2 Å². The molecule has 1 heterocycles. The maximum absolute atomic E-state index is 6.35. The van der Waals surface area contributed by atoms with E-state index in [0.717, 1.165) is 11.5 Å². The van der Waals surface area contributed by atoms with Crippen molar-refractivity contribution in [2.24, 2.45) is 5.73 Å². The van der Waals surface area contributed by atoms with Crippen molar-refractivity contribution >= 4 is 0 Å². The number of aryl methyl sites for hydroxylation is 1. The Bertz CT molecular complexity index is 540. The summed E-state index contributed by atoms with van der Waals surface area (Å²) >= 11 is 0. The Morgan fingerprint density at radius 3 is 2.56 bits per heavy atom.